The third kappa shape index (κ3) is 4.91. The van der Waals surface area contributed by atoms with Crippen molar-refractivity contribution in [1.29, 1.82) is 0 Å². The van der Waals surface area contributed by atoms with Crippen molar-refractivity contribution < 1.29 is 18.3 Å². The molecule has 0 saturated heterocycles. The molecule has 1 amide bonds. The molecule has 2 aromatic carbocycles. The first-order chi connectivity index (χ1) is 12.2. The number of rotatable bonds is 7. The normalized spacial score (nSPS) is 10.4. The summed E-state index contributed by atoms with van der Waals surface area (Å²) in [5, 5.41) is 2.72. The van der Waals surface area contributed by atoms with Crippen LogP contribution in [0.5, 0.6) is 5.75 Å². The van der Waals surface area contributed by atoms with E-state index in [1.807, 2.05) is 30.3 Å². The molecule has 0 aliphatic heterocycles. The van der Waals surface area contributed by atoms with Gasteiger partial charge in [-0.15, -0.1) is 0 Å². The van der Waals surface area contributed by atoms with Crippen molar-refractivity contribution in [2.45, 2.75) is 13.0 Å². The van der Waals surface area contributed by atoms with E-state index >= 15 is 0 Å². The predicted molar refractivity (Wildman–Crippen MR) is 90.3 cm³/mol. The minimum atomic E-state index is -0.328. The number of hydrogen-bond donors (Lipinski definition) is 1. The molecule has 1 aromatic heterocycles. The lowest BCUT2D eigenvalue weighted by molar-refractivity contribution is -0.121. The van der Waals surface area contributed by atoms with Crippen LogP contribution in [-0.2, 0) is 11.3 Å². The van der Waals surface area contributed by atoms with E-state index in [1.165, 1.54) is 24.3 Å². The van der Waals surface area contributed by atoms with E-state index in [9.17, 15) is 9.18 Å². The lowest BCUT2D eigenvalue weighted by Crippen LogP contribution is -2.24. The third-order valence-electron chi connectivity index (χ3n) is 3.46. The van der Waals surface area contributed by atoms with E-state index in [4.69, 9.17) is 9.15 Å². The Morgan fingerprint density at radius 2 is 1.88 bits per heavy atom. The summed E-state index contributed by atoms with van der Waals surface area (Å²) in [6.07, 6.45) is 1.82. The number of halogens is 1. The maximum absolute atomic E-state index is 12.8. The number of aromatic nitrogens is 1. The van der Waals surface area contributed by atoms with Crippen LogP contribution in [0.4, 0.5) is 4.39 Å². The third-order valence-corrected chi connectivity index (χ3v) is 3.46. The Morgan fingerprint density at radius 3 is 2.64 bits per heavy atom. The van der Waals surface area contributed by atoms with E-state index in [1.54, 1.807) is 6.20 Å². The second-order valence-corrected chi connectivity index (χ2v) is 5.31. The Labute approximate surface area is 144 Å². The average Bonchev–Trinajstić information content (AvgIpc) is 3.11. The zero-order valence-corrected chi connectivity index (χ0v) is 13.4. The average molecular weight is 340 g/mol. The predicted octanol–water partition coefficient (Wildman–Crippen LogP) is 3.57. The number of oxazole rings is 1. The molecule has 0 spiro atoms. The number of carbonyl (C=O) groups excluding carboxylic acids is 1. The second kappa shape index (κ2) is 8.10. The van der Waals surface area contributed by atoms with Gasteiger partial charge in [0.05, 0.1) is 25.8 Å². The molecular weight excluding hydrogens is 323 g/mol. The van der Waals surface area contributed by atoms with Crippen molar-refractivity contribution in [3.63, 3.8) is 0 Å². The molecular formula is C19H17FN2O3. The van der Waals surface area contributed by atoms with Crippen LogP contribution < -0.4 is 10.1 Å². The summed E-state index contributed by atoms with van der Waals surface area (Å²) in [5.74, 6) is 1.11. The molecule has 0 saturated carbocycles. The van der Waals surface area contributed by atoms with Gasteiger partial charge in [-0.1, -0.05) is 30.3 Å². The van der Waals surface area contributed by atoms with E-state index in [2.05, 4.69) is 10.3 Å². The van der Waals surface area contributed by atoms with Crippen LogP contribution in [0.1, 0.15) is 12.3 Å². The van der Waals surface area contributed by atoms with Gasteiger partial charge in [0.15, 0.2) is 5.76 Å². The van der Waals surface area contributed by atoms with Crippen molar-refractivity contribution in [2.75, 3.05) is 6.61 Å². The molecule has 0 bridgehead atoms. The monoisotopic (exact) mass is 340 g/mol. The van der Waals surface area contributed by atoms with E-state index in [0.29, 0.717) is 17.4 Å². The molecule has 5 nitrogen and oxygen atoms in total. The fraction of sp³-hybridized carbons (Fsp3) is 0.158. The number of amides is 1. The van der Waals surface area contributed by atoms with Gasteiger partial charge in [0, 0.05) is 5.56 Å². The Bertz CT molecular complexity index is 816. The van der Waals surface area contributed by atoms with Crippen molar-refractivity contribution in [3.8, 4) is 17.1 Å². The molecule has 3 aromatic rings. The van der Waals surface area contributed by atoms with Gasteiger partial charge in [0.25, 0.3) is 0 Å². The fourth-order valence-corrected chi connectivity index (χ4v) is 2.18. The van der Waals surface area contributed by atoms with Gasteiger partial charge >= 0.3 is 0 Å². The summed E-state index contributed by atoms with van der Waals surface area (Å²) in [6.45, 7) is 0.417. The molecule has 0 aliphatic rings. The van der Waals surface area contributed by atoms with Gasteiger partial charge in [0.1, 0.15) is 11.6 Å². The number of nitrogens with one attached hydrogen (secondary N) is 1. The highest BCUT2D eigenvalue weighted by molar-refractivity contribution is 5.75. The second-order valence-electron chi connectivity index (χ2n) is 5.31. The minimum absolute atomic E-state index is 0.179. The van der Waals surface area contributed by atoms with Gasteiger partial charge in [-0.3, -0.25) is 4.79 Å². The molecule has 6 heteroatoms. The zero-order valence-electron chi connectivity index (χ0n) is 13.4. The topological polar surface area (TPSA) is 64.4 Å². The summed E-state index contributed by atoms with van der Waals surface area (Å²) in [5.41, 5.74) is 0.931. The number of ether oxygens (including phenoxy) is 1. The van der Waals surface area contributed by atoms with E-state index < -0.39 is 0 Å². The van der Waals surface area contributed by atoms with Crippen LogP contribution >= 0.6 is 0 Å². The van der Waals surface area contributed by atoms with Gasteiger partial charge in [0.2, 0.25) is 11.8 Å². The maximum Gasteiger partial charge on any atom is 0.223 e. The summed E-state index contributed by atoms with van der Waals surface area (Å²) in [7, 11) is 0. The molecule has 0 atom stereocenters. The van der Waals surface area contributed by atoms with Crippen LogP contribution in [-0.4, -0.2) is 17.5 Å². The number of hydrogen-bond acceptors (Lipinski definition) is 4. The Balaban J connectivity index is 1.42. The summed E-state index contributed by atoms with van der Waals surface area (Å²) in [6, 6.07) is 15.3. The lowest BCUT2D eigenvalue weighted by atomic mass is 10.2. The number of benzene rings is 2. The van der Waals surface area contributed by atoms with Crippen molar-refractivity contribution >= 4 is 5.91 Å². The van der Waals surface area contributed by atoms with Crippen LogP contribution in [0, 0.1) is 5.82 Å². The first-order valence-electron chi connectivity index (χ1n) is 7.86. The minimum Gasteiger partial charge on any atom is -0.493 e. The van der Waals surface area contributed by atoms with Gasteiger partial charge in [-0.2, -0.15) is 0 Å². The van der Waals surface area contributed by atoms with Crippen molar-refractivity contribution in [1.82, 2.24) is 10.3 Å². The van der Waals surface area contributed by atoms with Crippen molar-refractivity contribution in [3.05, 3.63) is 72.5 Å². The quantitative estimate of drug-likeness (QED) is 0.714. The molecule has 3 rings (SSSR count). The standard InChI is InChI=1S/C19H17FN2O3/c20-15-6-8-16(9-7-15)24-11-10-18(23)21-13-19-22-12-17(25-19)14-4-2-1-3-5-14/h1-9,12H,10-11,13H2,(H,21,23). The Morgan fingerprint density at radius 1 is 1.12 bits per heavy atom. The Kier molecular flexibility index (Phi) is 5.41. The fourth-order valence-electron chi connectivity index (χ4n) is 2.18. The van der Waals surface area contributed by atoms with Crippen LogP contribution in [0.3, 0.4) is 0 Å². The highest BCUT2D eigenvalue weighted by atomic mass is 19.1. The van der Waals surface area contributed by atoms with Crippen LogP contribution in [0.15, 0.2) is 65.2 Å². The molecule has 1 heterocycles. The molecule has 0 aliphatic carbocycles. The Hall–Kier alpha value is -3.15. The van der Waals surface area contributed by atoms with Crippen LogP contribution in [0.2, 0.25) is 0 Å². The first-order valence-corrected chi connectivity index (χ1v) is 7.86. The lowest BCUT2D eigenvalue weighted by Gasteiger charge is -2.06. The highest BCUT2D eigenvalue weighted by Crippen LogP contribution is 2.19. The summed E-state index contributed by atoms with van der Waals surface area (Å²) in [4.78, 5) is 16.0. The maximum atomic E-state index is 12.8. The summed E-state index contributed by atoms with van der Waals surface area (Å²) >= 11 is 0. The molecule has 0 radical (unpaired) electrons. The van der Waals surface area contributed by atoms with Gasteiger partial charge in [-0.25, -0.2) is 9.37 Å². The van der Waals surface area contributed by atoms with Crippen molar-refractivity contribution in [2.24, 2.45) is 0 Å². The zero-order chi connectivity index (χ0) is 17.5. The van der Waals surface area contributed by atoms with Crippen LogP contribution in [0.25, 0.3) is 11.3 Å². The smallest absolute Gasteiger partial charge is 0.223 e. The first kappa shape index (κ1) is 16.7. The highest BCUT2D eigenvalue weighted by Gasteiger charge is 2.08. The number of nitrogens with zero attached hydrogens (tertiary/aromatic N) is 1. The van der Waals surface area contributed by atoms with Gasteiger partial charge < -0.3 is 14.5 Å². The van der Waals surface area contributed by atoms with E-state index in [0.717, 1.165) is 5.56 Å². The van der Waals surface area contributed by atoms with Gasteiger partial charge in [-0.05, 0) is 24.3 Å². The molecule has 1 N–H and O–H groups in total. The summed E-state index contributed by atoms with van der Waals surface area (Å²) < 4.78 is 23.8. The largest absolute Gasteiger partial charge is 0.493 e. The van der Waals surface area contributed by atoms with E-state index in [-0.39, 0.29) is 31.3 Å². The SMILES string of the molecule is O=C(CCOc1ccc(F)cc1)NCc1ncc(-c2ccccc2)o1. The molecule has 0 unspecified atom stereocenters. The molecule has 0 fully saturated rings. The number of carbonyl (C=O) groups is 1. The molecule has 25 heavy (non-hydrogen) atoms. The molecule has 128 valence electrons.